The van der Waals surface area contributed by atoms with Crippen LogP contribution in [0.2, 0.25) is 0 Å². The van der Waals surface area contributed by atoms with Crippen LogP contribution in [0.25, 0.3) is 0 Å². The first kappa shape index (κ1) is 11.3. The van der Waals surface area contributed by atoms with Gasteiger partial charge in [0, 0.05) is 30.1 Å². The third-order valence-electron chi connectivity index (χ3n) is 2.22. The molecule has 0 aliphatic carbocycles. The molecule has 2 aromatic heterocycles. The molecule has 0 aromatic carbocycles. The lowest BCUT2D eigenvalue weighted by Crippen LogP contribution is -2.03. The molecule has 86 valence electrons. The zero-order valence-corrected chi connectivity index (χ0v) is 9.24. The summed E-state index contributed by atoms with van der Waals surface area (Å²) in [6, 6.07) is 7.43. The topological polar surface area (TPSA) is 52.1 Å². The maximum atomic E-state index is 10.5. The van der Waals surface area contributed by atoms with Gasteiger partial charge in [0.1, 0.15) is 5.75 Å². The standard InChI is InChI=1S/C13H12N2O2/c16-10-11-7-13(9-14-8-11)17-6-4-12-3-1-2-5-15-12/h1-3,5,7-10H,4,6H2. The minimum Gasteiger partial charge on any atom is -0.492 e. The van der Waals surface area contributed by atoms with Crippen molar-refractivity contribution in [3.8, 4) is 5.75 Å². The third-order valence-corrected chi connectivity index (χ3v) is 2.22. The molecule has 17 heavy (non-hydrogen) atoms. The number of ether oxygens (including phenoxy) is 1. The Labute approximate surface area is 99.3 Å². The van der Waals surface area contributed by atoms with Gasteiger partial charge in [0.2, 0.25) is 0 Å². The molecule has 0 bridgehead atoms. The van der Waals surface area contributed by atoms with Crippen molar-refractivity contribution in [3.05, 3.63) is 54.1 Å². The Morgan fingerprint density at radius 1 is 1.29 bits per heavy atom. The highest BCUT2D eigenvalue weighted by atomic mass is 16.5. The average Bonchev–Trinajstić information content (AvgIpc) is 2.40. The molecular weight excluding hydrogens is 216 g/mol. The van der Waals surface area contributed by atoms with E-state index in [1.807, 2.05) is 18.2 Å². The molecule has 2 rings (SSSR count). The largest absolute Gasteiger partial charge is 0.492 e. The van der Waals surface area contributed by atoms with Crippen molar-refractivity contribution in [2.75, 3.05) is 6.61 Å². The van der Waals surface area contributed by atoms with Gasteiger partial charge in [0.15, 0.2) is 6.29 Å². The molecule has 4 heteroatoms. The highest BCUT2D eigenvalue weighted by molar-refractivity contribution is 5.74. The maximum absolute atomic E-state index is 10.5. The number of nitrogens with zero attached hydrogens (tertiary/aromatic N) is 2. The van der Waals surface area contributed by atoms with Gasteiger partial charge >= 0.3 is 0 Å². The summed E-state index contributed by atoms with van der Waals surface area (Å²) in [4.78, 5) is 18.6. The van der Waals surface area contributed by atoms with Gasteiger partial charge in [0.25, 0.3) is 0 Å². The average molecular weight is 228 g/mol. The number of rotatable bonds is 5. The quantitative estimate of drug-likeness (QED) is 0.733. The van der Waals surface area contributed by atoms with Crippen LogP contribution in [0.5, 0.6) is 5.75 Å². The summed E-state index contributed by atoms with van der Waals surface area (Å²) in [5.41, 5.74) is 1.49. The summed E-state index contributed by atoms with van der Waals surface area (Å²) < 4.78 is 5.49. The molecule has 0 N–H and O–H groups in total. The van der Waals surface area contributed by atoms with E-state index < -0.39 is 0 Å². The lowest BCUT2D eigenvalue weighted by molar-refractivity contribution is 0.112. The van der Waals surface area contributed by atoms with Gasteiger partial charge in [-0.15, -0.1) is 0 Å². The Morgan fingerprint density at radius 3 is 3.00 bits per heavy atom. The van der Waals surface area contributed by atoms with Crippen molar-refractivity contribution < 1.29 is 9.53 Å². The summed E-state index contributed by atoms with van der Waals surface area (Å²) in [5.74, 6) is 0.602. The molecule has 0 unspecified atom stereocenters. The molecule has 0 fully saturated rings. The number of carbonyl (C=O) groups excluding carboxylic acids is 1. The second-order valence-corrected chi connectivity index (χ2v) is 3.49. The second-order valence-electron chi connectivity index (χ2n) is 3.49. The fourth-order valence-corrected chi connectivity index (χ4v) is 1.40. The lowest BCUT2D eigenvalue weighted by atomic mass is 10.3. The molecule has 0 saturated carbocycles. The Balaban J connectivity index is 1.88. The predicted octanol–water partition coefficient (Wildman–Crippen LogP) is 1.91. The molecule has 0 radical (unpaired) electrons. The maximum Gasteiger partial charge on any atom is 0.151 e. The molecule has 4 nitrogen and oxygen atoms in total. The monoisotopic (exact) mass is 228 g/mol. The van der Waals surface area contributed by atoms with Crippen LogP contribution in [-0.4, -0.2) is 22.9 Å². The van der Waals surface area contributed by atoms with E-state index in [1.165, 1.54) is 6.20 Å². The molecule has 0 aliphatic rings. The van der Waals surface area contributed by atoms with Crippen molar-refractivity contribution in [3.63, 3.8) is 0 Å². The van der Waals surface area contributed by atoms with Gasteiger partial charge in [-0.25, -0.2) is 0 Å². The summed E-state index contributed by atoms with van der Waals surface area (Å²) in [6.07, 6.45) is 6.32. The minimum atomic E-state index is 0.514. The Bertz CT molecular complexity index is 486. The normalized spacial score (nSPS) is 9.88. The van der Waals surface area contributed by atoms with Crippen molar-refractivity contribution in [1.82, 2.24) is 9.97 Å². The lowest BCUT2D eigenvalue weighted by Gasteiger charge is -2.05. The molecule has 0 saturated heterocycles. The fourth-order valence-electron chi connectivity index (χ4n) is 1.40. The van der Waals surface area contributed by atoms with Crippen LogP contribution in [0, 0.1) is 0 Å². The van der Waals surface area contributed by atoms with E-state index in [4.69, 9.17) is 4.74 Å². The van der Waals surface area contributed by atoms with Crippen LogP contribution in [0.1, 0.15) is 16.1 Å². The first-order valence-corrected chi connectivity index (χ1v) is 5.31. The Hall–Kier alpha value is -2.23. The van der Waals surface area contributed by atoms with Crippen LogP contribution >= 0.6 is 0 Å². The zero-order chi connectivity index (χ0) is 11.9. The number of hydrogen-bond acceptors (Lipinski definition) is 4. The third kappa shape index (κ3) is 3.38. The molecular formula is C13H12N2O2. The summed E-state index contributed by atoms with van der Waals surface area (Å²) in [7, 11) is 0. The molecule has 2 heterocycles. The number of hydrogen-bond donors (Lipinski definition) is 0. The minimum absolute atomic E-state index is 0.514. The van der Waals surface area contributed by atoms with E-state index in [1.54, 1.807) is 18.5 Å². The van der Waals surface area contributed by atoms with E-state index in [-0.39, 0.29) is 0 Å². The first-order chi connectivity index (χ1) is 8.38. The highest BCUT2D eigenvalue weighted by Crippen LogP contribution is 2.10. The summed E-state index contributed by atoms with van der Waals surface area (Å²) in [5, 5.41) is 0. The van der Waals surface area contributed by atoms with Crippen molar-refractivity contribution in [2.45, 2.75) is 6.42 Å². The molecule has 0 spiro atoms. The Kier molecular flexibility index (Phi) is 3.81. The van der Waals surface area contributed by atoms with E-state index in [9.17, 15) is 4.79 Å². The number of aromatic nitrogens is 2. The van der Waals surface area contributed by atoms with Crippen molar-refractivity contribution in [1.29, 1.82) is 0 Å². The Morgan fingerprint density at radius 2 is 2.24 bits per heavy atom. The summed E-state index contributed by atoms with van der Waals surface area (Å²) in [6.45, 7) is 0.515. The fraction of sp³-hybridized carbons (Fsp3) is 0.154. The zero-order valence-electron chi connectivity index (χ0n) is 9.24. The van der Waals surface area contributed by atoms with Crippen LogP contribution < -0.4 is 4.74 Å². The van der Waals surface area contributed by atoms with Crippen LogP contribution in [-0.2, 0) is 6.42 Å². The predicted molar refractivity (Wildman–Crippen MR) is 63.1 cm³/mol. The molecule has 0 atom stereocenters. The van der Waals surface area contributed by atoms with Gasteiger partial charge < -0.3 is 4.74 Å². The van der Waals surface area contributed by atoms with E-state index in [2.05, 4.69) is 9.97 Å². The number of carbonyl (C=O) groups is 1. The van der Waals surface area contributed by atoms with Crippen LogP contribution in [0.4, 0.5) is 0 Å². The van der Waals surface area contributed by atoms with Gasteiger partial charge in [0.05, 0.1) is 12.8 Å². The van der Waals surface area contributed by atoms with Crippen molar-refractivity contribution in [2.24, 2.45) is 0 Å². The molecule has 0 aliphatic heterocycles. The van der Waals surface area contributed by atoms with Gasteiger partial charge in [-0.3, -0.25) is 14.8 Å². The highest BCUT2D eigenvalue weighted by Gasteiger charge is 1.98. The van der Waals surface area contributed by atoms with Crippen LogP contribution in [0.15, 0.2) is 42.9 Å². The van der Waals surface area contributed by atoms with Gasteiger partial charge in [-0.05, 0) is 18.2 Å². The van der Waals surface area contributed by atoms with Gasteiger partial charge in [-0.2, -0.15) is 0 Å². The first-order valence-electron chi connectivity index (χ1n) is 5.31. The smallest absolute Gasteiger partial charge is 0.151 e. The van der Waals surface area contributed by atoms with Gasteiger partial charge in [-0.1, -0.05) is 6.07 Å². The molecule has 2 aromatic rings. The summed E-state index contributed by atoms with van der Waals surface area (Å²) >= 11 is 0. The SMILES string of the molecule is O=Cc1cncc(OCCc2ccccn2)c1. The van der Waals surface area contributed by atoms with E-state index in [0.29, 0.717) is 17.9 Å². The second kappa shape index (κ2) is 5.75. The number of pyridine rings is 2. The van der Waals surface area contributed by atoms with E-state index in [0.717, 1.165) is 18.4 Å². The van der Waals surface area contributed by atoms with Crippen molar-refractivity contribution >= 4 is 6.29 Å². The van der Waals surface area contributed by atoms with Crippen LogP contribution in [0.3, 0.4) is 0 Å². The number of aldehydes is 1. The molecule has 0 amide bonds. The van der Waals surface area contributed by atoms with E-state index >= 15 is 0 Å².